The summed E-state index contributed by atoms with van der Waals surface area (Å²) in [7, 11) is 0. The van der Waals surface area contributed by atoms with Crippen LogP contribution in [0.5, 0.6) is 0 Å². The van der Waals surface area contributed by atoms with Crippen LogP contribution >= 0.6 is 0 Å². The Labute approximate surface area is 88.7 Å². The molecule has 0 bridgehead atoms. The summed E-state index contributed by atoms with van der Waals surface area (Å²) in [6.07, 6.45) is 4.10. The van der Waals surface area contributed by atoms with Gasteiger partial charge in [-0.1, -0.05) is 34.1 Å². The van der Waals surface area contributed by atoms with Crippen LogP contribution in [0.15, 0.2) is 0 Å². The zero-order valence-electron chi connectivity index (χ0n) is 10.1. The summed E-state index contributed by atoms with van der Waals surface area (Å²) in [5.74, 6) is 0.624. The van der Waals surface area contributed by atoms with Crippen LogP contribution in [0.1, 0.15) is 53.4 Å². The molecule has 0 saturated carbocycles. The van der Waals surface area contributed by atoms with E-state index in [9.17, 15) is 5.26 Å². The monoisotopic (exact) mass is 196 g/mol. The second-order valence-corrected chi connectivity index (χ2v) is 4.19. The van der Waals surface area contributed by atoms with Crippen molar-refractivity contribution in [1.29, 1.82) is 5.26 Å². The van der Waals surface area contributed by atoms with E-state index < -0.39 is 0 Å². The van der Waals surface area contributed by atoms with Gasteiger partial charge in [0.1, 0.15) is 5.54 Å². The van der Waals surface area contributed by atoms with Crippen LogP contribution in [0.25, 0.3) is 0 Å². The lowest BCUT2D eigenvalue weighted by molar-refractivity contribution is 0.314. The average molecular weight is 196 g/mol. The lowest BCUT2D eigenvalue weighted by Crippen LogP contribution is -2.45. The van der Waals surface area contributed by atoms with Gasteiger partial charge in [0, 0.05) is 0 Å². The maximum absolute atomic E-state index is 9.24. The molecular weight excluding hydrogens is 172 g/mol. The summed E-state index contributed by atoms with van der Waals surface area (Å²) in [5.41, 5.74) is -0.286. The first-order valence-corrected chi connectivity index (χ1v) is 5.80. The molecule has 0 aliphatic heterocycles. The minimum absolute atomic E-state index is 0.286. The Hall–Kier alpha value is -0.550. The van der Waals surface area contributed by atoms with Gasteiger partial charge >= 0.3 is 0 Å². The van der Waals surface area contributed by atoms with Crippen LogP contribution in [-0.4, -0.2) is 12.1 Å². The highest BCUT2D eigenvalue weighted by Gasteiger charge is 2.28. The third-order valence-corrected chi connectivity index (χ3v) is 2.92. The van der Waals surface area contributed by atoms with Gasteiger partial charge in [-0.3, -0.25) is 5.32 Å². The minimum Gasteiger partial charge on any atom is -0.299 e. The van der Waals surface area contributed by atoms with Crippen LogP contribution in [0.2, 0.25) is 0 Å². The maximum atomic E-state index is 9.24. The lowest BCUT2D eigenvalue weighted by Gasteiger charge is -2.29. The molecule has 0 heterocycles. The molecule has 1 N–H and O–H groups in total. The van der Waals surface area contributed by atoms with Crippen molar-refractivity contribution < 1.29 is 0 Å². The fraction of sp³-hybridized carbons (Fsp3) is 0.917. The normalized spacial score (nSPS) is 17.1. The lowest BCUT2D eigenvalue weighted by atomic mass is 9.86. The predicted octanol–water partition coefficient (Wildman–Crippen LogP) is 3.09. The molecule has 0 aromatic rings. The molecule has 0 fully saturated rings. The van der Waals surface area contributed by atoms with Crippen molar-refractivity contribution in [3.8, 4) is 6.07 Å². The van der Waals surface area contributed by atoms with Gasteiger partial charge in [0.25, 0.3) is 0 Å². The van der Waals surface area contributed by atoms with E-state index in [2.05, 4.69) is 39.1 Å². The SMILES string of the molecule is CCCNC(C#N)(CC)CC(C)CC. The number of hydrogen-bond acceptors (Lipinski definition) is 2. The molecule has 0 saturated heterocycles. The first kappa shape index (κ1) is 13.4. The molecule has 2 nitrogen and oxygen atoms in total. The third-order valence-electron chi connectivity index (χ3n) is 2.92. The van der Waals surface area contributed by atoms with E-state index in [1.54, 1.807) is 0 Å². The van der Waals surface area contributed by atoms with Gasteiger partial charge < -0.3 is 0 Å². The number of hydrogen-bond donors (Lipinski definition) is 1. The summed E-state index contributed by atoms with van der Waals surface area (Å²) in [6.45, 7) is 9.57. The van der Waals surface area contributed by atoms with E-state index in [4.69, 9.17) is 0 Å². The van der Waals surface area contributed by atoms with Gasteiger partial charge in [0.15, 0.2) is 0 Å². The maximum Gasteiger partial charge on any atom is 0.106 e. The largest absolute Gasteiger partial charge is 0.299 e. The summed E-state index contributed by atoms with van der Waals surface area (Å²) in [4.78, 5) is 0. The van der Waals surface area contributed by atoms with Crippen LogP contribution < -0.4 is 5.32 Å². The smallest absolute Gasteiger partial charge is 0.106 e. The molecular formula is C12H24N2. The molecule has 14 heavy (non-hydrogen) atoms. The minimum atomic E-state index is -0.286. The number of rotatable bonds is 7. The van der Waals surface area contributed by atoms with E-state index in [-0.39, 0.29) is 5.54 Å². The molecule has 0 aromatic carbocycles. The number of nitriles is 1. The Morgan fingerprint density at radius 3 is 2.36 bits per heavy atom. The predicted molar refractivity (Wildman–Crippen MR) is 61.0 cm³/mol. The average Bonchev–Trinajstić information content (AvgIpc) is 2.24. The Balaban J connectivity index is 4.30. The van der Waals surface area contributed by atoms with Crippen molar-refractivity contribution in [3.05, 3.63) is 0 Å². The zero-order chi connectivity index (χ0) is 11.0. The number of nitrogens with one attached hydrogen (secondary N) is 1. The molecule has 0 aliphatic carbocycles. The summed E-state index contributed by atoms with van der Waals surface area (Å²) in [6, 6.07) is 2.45. The quantitative estimate of drug-likeness (QED) is 0.679. The van der Waals surface area contributed by atoms with Crippen molar-refractivity contribution >= 4 is 0 Å². The topological polar surface area (TPSA) is 35.8 Å². The van der Waals surface area contributed by atoms with Gasteiger partial charge in [-0.05, 0) is 31.7 Å². The highest BCUT2D eigenvalue weighted by Crippen LogP contribution is 2.22. The molecule has 2 atom stereocenters. The second kappa shape index (κ2) is 6.84. The molecule has 2 unspecified atom stereocenters. The molecule has 0 aliphatic rings. The highest BCUT2D eigenvalue weighted by atomic mass is 15.0. The molecule has 0 spiro atoms. The second-order valence-electron chi connectivity index (χ2n) is 4.19. The zero-order valence-corrected chi connectivity index (χ0v) is 10.1. The van der Waals surface area contributed by atoms with Crippen molar-refractivity contribution in [3.63, 3.8) is 0 Å². The van der Waals surface area contributed by atoms with Crippen molar-refractivity contribution in [2.24, 2.45) is 5.92 Å². The van der Waals surface area contributed by atoms with Crippen molar-refractivity contribution in [1.82, 2.24) is 5.32 Å². The van der Waals surface area contributed by atoms with E-state index in [0.29, 0.717) is 5.92 Å². The van der Waals surface area contributed by atoms with Gasteiger partial charge in [0.05, 0.1) is 6.07 Å². The van der Waals surface area contributed by atoms with E-state index >= 15 is 0 Å². The summed E-state index contributed by atoms with van der Waals surface area (Å²) in [5, 5.41) is 12.6. The van der Waals surface area contributed by atoms with Gasteiger partial charge in [-0.2, -0.15) is 5.26 Å². The van der Waals surface area contributed by atoms with E-state index in [0.717, 1.165) is 32.2 Å². The molecule has 0 radical (unpaired) electrons. The van der Waals surface area contributed by atoms with Crippen molar-refractivity contribution in [2.45, 2.75) is 58.9 Å². The Kier molecular flexibility index (Phi) is 6.57. The van der Waals surface area contributed by atoms with Gasteiger partial charge in [-0.25, -0.2) is 0 Å². The standard InChI is InChI=1S/C12H24N2/c1-5-8-14-12(7-3,10-13)9-11(4)6-2/h11,14H,5-9H2,1-4H3. The molecule has 82 valence electrons. The molecule has 2 heteroatoms. The number of nitrogens with zero attached hydrogens (tertiary/aromatic N) is 1. The van der Waals surface area contributed by atoms with Gasteiger partial charge in [0.2, 0.25) is 0 Å². The van der Waals surface area contributed by atoms with Crippen LogP contribution in [0, 0.1) is 17.2 Å². The van der Waals surface area contributed by atoms with Crippen LogP contribution in [0.4, 0.5) is 0 Å². The molecule has 0 amide bonds. The Morgan fingerprint density at radius 1 is 1.36 bits per heavy atom. The van der Waals surface area contributed by atoms with E-state index in [1.165, 1.54) is 0 Å². The van der Waals surface area contributed by atoms with Crippen LogP contribution in [-0.2, 0) is 0 Å². The first-order valence-electron chi connectivity index (χ1n) is 5.80. The molecule has 0 rings (SSSR count). The van der Waals surface area contributed by atoms with E-state index in [1.807, 2.05) is 0 Å². The first-order chi connectivity index (χ1) is 6.64. The molecule has 0 aromatic heterocycles. The highest BCUT2D eigenvalue weighted by molar-refractivity contribution is 5.06. The summed E-state index contributed by atoms with van der Waals surface area (Å²) >= 11 is 0. The summed E-state index contributed by atoms with van der Waals surface area (Å²) < 4.78 is 0. The Bertz CT molecular complexity index is 183. The van der Waals surface area contributed by atoms with Gasteiger partial charge in [-0.15, -0.1) is 0 Å². The van der Waals surface area contributed by atoms with Crippen molar-refractivity contribution in [2.75, 3.05) is 6.54 Å². The fourth-order valence-corrected chi connectivity index (χ4v) is 1.61. The van der Waals surface area contributed by atoms with Crippen LogP contribution in [0.3, 0.4) is 0 Å². The Morgan fingerprint density at radius 2 is 2.00 bits per heavy atom. The third kappa shape index (κ3) is 4.11. The fourth-order valence-electron chi connectivity index (χ4n) is 1.61.